The van der Waals surface area contributed by atoms with E-state index in [0.717, 1.165) is 36.1 Å². The second kappa shape index (κ2) is 9.50. The average Bonchev–Trinajstić information content (AvgIpc) is 2.77. The van der Waals surface area contributed by atoms with E-state index in [1.807, 2.05) is 30.0 Å². The molecule has 0 saturated carbocycles. The van der Waals surface area contributed by atoms with Gasteiger partial charge in [-0.25, -0.2) is 0 Å². The summed E-state index contributed by atoms with van der Waals surface area (Å²) in [5.74, 6) is 0.108. The normalized spacial score (nSPS) is 18.9. The van der Waals surface area contributed by atoms with Crippen molar-refractivity contribution in [2.75, 3.05) is 19.6 Å². The lowest BCUT2D eigenvalue weighted by Gasteiger charge is -2.42. The highest BCUT2D eigenvalue weighted by molar-refractivity contribution is 5.85. The Labute approximate surface area is 172 Å². The van der Waals surface area contributed by atoms with Gasteiger partial charge in [0.15, 0.2) is 0 Å². The van der Waals surface area contributed by atoms with Crippen LogP contribution in [-0.2, 0) is 16.0 Å². The molecule has 1 N–H and O–H groups in total. The first kappa shape index (κ1) is 20.8. The summed E-state index contributed by atoms with van der Waals surface area (Å²) in [6.45, 7) is 7.18. The Bertz CT molecular complexity index is 865. The van der Waals surface area contributed by atoms with E-state index in [9.17, 15) is 9.59 Å². The standard InChI is InChI=1S/C24H29N3O2/c1-3-12-26-23(29)24(11-6-15-27(18-24)22(28)4-2)17-19-7-5-8-21(16-19)20-9-13-25-14-10-20/h3,5,7-10,13-14,16H,1,4,6,11-12,15,17-18H2,2H3,(H,26,29). The van der Waals surface area contributed by atoms with Crippen LogP contribution in [0.15, 0.2) is 61.4 Å². The van der Waals surface area contributed by atoms with Gasteiger partial charge in [-0.2, -0.15) is 0 Å². The molecule has 1 aromatic heterocycles. The summed E-state index contributed by atoms with van der Waals surface area (Å²) in [7, 11) is 0. The van der Waals surface area contributed by atoms with Gasteiger partial charge in [0, 0.05) is 38.4 Å². The molecule has 5 nitrogen and oxygen atoms in total. The third-order valence-corrected chi connectivity index (χ3v) is 5.60. The van der Waals surface area contributed by atoms with E-state index in [1.54, 1.807) is 18.5 Å². The molecular formula is C24H29N3O2. The summed E-state index contributed by atoms with van der Waals surface area (Å²) in [5.41, 5.74) is 2.67. The minimum atomic E-state index is -0.622. The maximum Gasteiger partial charge on any atom is 0.228 e. The van der Waals surface area contributed by atoms with Crippen LogP contribution in [0, 0.1) is 5.41 Å². The molecule has 1 aliphatic heterocycles. The lowest BCUT2D eigenvalue weighted by Crippen LogP contribution is -2.54. The van der Waals surface area contributed by atoms with E-state index >= 15 is 0 Å². The molecule has 29 heavy (non-hydrogen) atoms. The molecule has 1 fully saturated rings. The van der Waals surface area contributed by atoms with Crippen LogP contribution < -0.4 is 5.32 Å². The zero-order chi connectivity index (χ0) is 20.7. The highest BCUT2D eigenvalue weighted by Gasteiger charge is 2.43. The number of nitrogens with one attached hydrogen (secondary N) is 1. The number of aromatic nitrogens is 1. The van der Waals surface area contributed by atoms with Gasteiger partial charge in [0.2, 0.25) is 11.8 Å². The molecule has 2 heterocycles. The highest BCUT2D eigenvalue weighted by atomic mass is 16.2. The van der Waals surface area contributed by atoms with Crippen LogP contribution in [0.25, 0.3) is 11.1 Å². The quantitative estimate of drug-likeness (QED) is 0.734. The van der Waals surface area contributed by atoms with E-state index in [1.165, 1.54) is 0 Å². The van der Waals surface area contributed by atoms with E-state index < -0.39 is 5.41 Å². The fourth-order valence-corrected chi connectivity index (χ4v) is 4.13. The number of piperidine rings is 1. The van der Waals surface area contributed by atoms with Crippen molar-refractivity contribution in [2.24, 2.45) is 5.41 Å². The van der Waals surface area contributed by atoms with Gasteiger partial charge in [-0.3, -0.25) is 14.6 Å². The number of benzene rings is 1. The predicted octanol–water partition coefficient (Wildman–Crippen LogP) is 3.61. The van der Waals surface area contributed by atoms with Gasteiger partial charge in [-0.15, -0.1) is 6.58 Å². The Morgan fingerprint density at radius 2 is 2.03 bits per heavy atom. The van der Waals surface area contributed by atoms with Crippen molar-refractivity contribution < 1.29 is 9.59 Å². The summed E-state index contributed by atoms with van der Waals surface area (Å²) in [4.78, 5) is 31.5. The lowest BCUT2D eigenvalue weighted by atomic mass is 9.74. The van der Waals surface area contributed by atoms with Crippen molar-refractivity contribution in [1.29, 1.82) is 0 Å². The molecule has 2 aromatic rings. The van der Waals surface area contributed by atoms with Crippen LogP contribution in [0.4, 0.5) is 0 Å². The molecule has 1 unspecified atom stereocenters. The van der Waals surface area contributed by atoms with Crippen molar-refractivity contribution >= 4 is 11.8 Å². The fraction of sp³-hybridized carbons (Fsp3) is 0.375. The Balaban J connectivity index is 1.90. The molecule has 0 bridgehead atoms. The van der Waals surface area contributed by atoms with Crippen LogP contribution in [0.1, 0.15) is 31.7 Å². The zero-order valence-corrected chi connectivity index (χ0v) is 17.1. The second-order valence-electron chi connectivity index (χ2n) is 7.66. The molecule has 1 atom stereocenters. The van der Waals surface area contributed by atoms with Crippen molar-refractivity contribution in [1.82, 2.24) is 15.2 Å². The third kappa shape index (κ3) is 4.91. The molecule has 152 valence electrons. The maximum atomic E-state index is 13.2. The van der Waals surface area contributed by atoms with Crippen molar-refractivity contribution in [3.05, 3.63) is 67.0 Å². The first-order chi connectivity index (χ1) is 14.1. The number of hydrogen-bond acceptors (Lipinski definition) is 3. The Hall–Kier alpha value is -2.95. The largest absolute Gasteiger partial charge is 0.352 e. The predicted molar refractivity (Wildman–Crippen MR) is 115 cm³/mol. The Morgan fingerprint density at radius 1 is 1.24 bits per heavy atom. The first-order valence-electron chi connectivity index (χ1n) is 10.2. The van der Waals surface area contributed by atoms with Gasteiger partial charge in [0.05, 0.1) is 5.41 Å². The van der Waals surface area contributed by atoms with Gasteiger partial charge in [0.25, 0.3) is 0 Å². The van der Waals surface area contributed by atoms with Gasteiger partial charge >= 0.3 is 0 Å². The number of rotatable bonds is 7. The average molecular weight is 392 g/mol. The Morgan fingerprint density at radius 3 is 2.76 bits per heavy atom. The fourth-order valence-electron chi connectivity index (χ4n) is 4.13. The molecule has 0 spiro atoms. The Kier molecular flexibility index (Phi) is 6.81. The van der Waals surface area contributed by atoms with Gasteiger partial charge in [0.1, 0.15) is 0 Å². The number of carbonyl (C=O) groups excluding carboxylic acids is 2. The minimum absolute atomic E-state index is 0.000294. The number of pyridine rings is 1. The van der Waals surface area contributed by atoms with Crippen LogP contribution >= 0.6 is 0 Å². The molecule has 3 rings (SSSR count). The molecule has 1 aromatic carbocycles. The summed E-state index contributed by atoms with van der Waals surface area (Å²) < 4.78 is 0. The molecule has 0 aliphatic carbocycles. The third-order valence-electron chi connectivity index (χ3n) is 5.60. The maximum absolute atomic E-state index is 13.2. The lowest BCUT2D eigenvalue weighted by molar-refractivity contribution is -0.141. The number of amides is 2. The molecule has 0 radical (unpaired) electrons. The van der Waals surface area contributed by atoms with Gasteiger partial charge < -0.3 is 10.2 Å². The zero-order valence-electron chi connectivity index (χ0n) is 17.1. The van der Waals surface area contributed by atoms with Crippen molar-refractivity contribution in [2.45, 2.75) is 32.6 Å². The smallest absolute Gasteiger partial charge is 0.228 e. The molecule has 5 heteroatoms. The summed E-state index contributed by atoms with van der Waals surface area (Å²) >= 11 is 0. The summed E-state index contributed by atoms with van der Waals surface area (Å²) in [5, 5.41) is 2.98. The topological polar surface area (TPSA) is 62.3 Å². The molecule has 1 aliphatic rings. The van der Waals surface area contributed by atoms with E-state index in [0.29, 0.717) is 25.9 Å². The van der Waals surface area contributed by atoms with E-state index in [2.05, 4.69) is 35.1 Å². The van der Waals surface area contributed by atoms with Crippen LogP contribution in [0.2, 0.25) is 0 Å². The first-order valence-corrected chi connectivity index (χ1v) is 10.2. The van der Waals surface area contributed by atoms with Gasteiger partial charge in [-0.1, -0.05) is 37.3 Å². The number of likely N-dealkylation sites (tertiary alicyclic amines) is 1. The molecule has 2 amide bonds. The minimum Gasteiger partial charge on any atom is -0.352 e. The van der Waals surface area contributed by atoms with Crippen LogP contribution in [0.5, 0.6) is 0 Å². The summed E-state index contributed by atoms with van der Waals surface area (Å²) in [6, 6.07) is 12.3. The highest BCUT2D eigenvalue weighted by Crippen LogP contribution is 2.35. The van der Waals surface area contributed by atoms with Crippen molar-refractivity contribution in [3.8, 4) is 11.1 Å². The van der Waals surface area contributed by atoms with E-state index in [4.69, 9.17) is 0 Å². The molecule has 1 saturated heterocycles. The monoisotopic (exact) mass is 391 g/mol. The van der Waals surface area contributed by atoms with E-state index in [-0.39, 0.29) is 11.8 Å². The van der Waals surface area contributed by atoms with Crippen molar-refractivity contribution in [3.63, 3.8) is 0 Å². The van der Waals surface area contributed by atoms with Crippen LogP contribution in [0.3, 0.4) is 0 Å². The number of carbonyl (C=O) groups is 2. The summed E-state index contributed by atoms with van der Waals surface area (Å²) in [6.07, 6.45) is 7.90. The molecular weight excluding hydrogens is 362 g/mol. The number of hydrogen-bond donors (Lipinski definition) is 1. The SMILES string of the molecule is C=CCNC(=O)C1(Cc2cccc(-c3ccncc3)c2)CCCN(C(=O)CC)C1. The van der Waals surface area contributed by atoms with Gasteiger partial charge in [-0.05, 0) is 48.1 Å². The van der Waals surface area contributed by atoms with Crippen LogP contribution in [-0.4, -0.2) is 41.3 Å². The second-order valence-corrected chi connectivity index (χ2v) is 7.66. The number of nitrogens with zero attached hydrogens (tertiary/aromatic N) is 2.